The quantitative estimate of drug-likeness (QED) is 0.0433. The van der Waals surface area contributed by atoms with Crippen molar-refractivity contribution in [2.24, 2.45) is 0 Å². The van der Waals surface area contributed by atoms with Crippen molar-refractivity contribution in [3.8, 4) is 0 Å². The molecule has 0 aromatic heterocycles. The standard InChI is InChI=1S/C44H86O11/c1-3-5-7-9-11-13-14-15-16-18-20-22-24-26-44(46)55-42-40-53-38-36-51-34-32-49-30-28-47-27-29-48-31-33-50-35-37-52-39-41-54-43(45)25-23-21-19-17-12-10-8-6-4-2/h3-42H2,1-2H3. The van der Waals surface area contributed by atoms with E-state index in [0.717, 1.165) is 25.7 Å². The summed E-state index contributed by atoms with van der Waals surface area (Å²) in [5, 5.41) is 0. The molecule has 0 aromatic carbocycles. The van der Waals surface area contributed by atoms with Gasteiger partial charge in [0.1, 0.15) is 13.2 Å². The maximum Gasteiger partial charge on any atom is 0.305 e. The molecule has 0 spiro atoms. The number of unbranched alkanes of at least 4 members (excludes halogenated alkanes) is 20. The van der Waals surface area contributed by atoms with Gasteiger partial charge in [-0.1, -0.05) is 142 Å². The van der Waals surface area contributed by atoms with Gasteiger partial charge >= 0.3 is 11.9 Å². The minimum Gasteiger partial charge on any atom is -0.463 e. The molecule has 0 rings (SSSR count). The highest BCUT2D eigenvalue weighted by Gasteiger charge is 2.04. The summed E-state index contributed by atoms with van der Waals surface area (Å²) in [5.41, 5.74) is 0. The second-order valence-corrected chi connectivity index (χ2v) is 14.3. The molecule has 0 amide bonds. The highest BCUT2D eigenvalue weighted by molar-refractivity contribution is 5.69. The lowest BCUT2D eigenvalue weighted by atomic mass is 10.0. The van der Waals surface area contributed by atoms with E-state index in [9.17, 15) is 9.59 Å². The molecule has 11 nitrogen and oxygen atoms in total. The monoisotopic (exact) mass is 791 g/mol. The highest BCUT2D eigenvalue weighted by atomic mass is 16.6. The first-order valence-electron chi connectivity index (χ1n) is 22.6. The fourth-order valence-electron chi connectivity index (χ4n) is 5.86. The summed E-state index contributed by atoms with van der Waals surface area (Å²) in [6.07, 6.45) is 28.9. The van der Waals surface area contributed by atoms with Gasteiger partial charge in [-0.15, -0.1) is 0 Å². The lowest BCUT2D eigenvalue weighted by Crippen LogP contribution is -2.15. The molecular formula is C44H86O11. The van der Waals surface area contributed by atoms with Crippen LogP contribution in [-0.4, -0.2) is 118 Å². The van der Waals surface area contributed by atoms with Crippen LogP contribution in [0.3, 0.4) is 0 Å². The Hall–Kier alpha value is -1.34. The van der Waals surface area contributed by atoms with Crippen molar-refractivity contribution in [1.29, 1.82) is 0 Å². The number of hydrogen-bond acceptors (Lipinski definition) is 11. The van der Waals surface area contributed by atoms with Crippen LogP contribution in [0.5, 0.6) is 0 Å². The van der Waals surface area contributed by atoms with Gasteiger partial charge in [-0.3, -0.25) is 9.59 Å². The van der Waals surface area contributed by atoms with Crippen molar-refractivity contribution < 1.29 is 52.2 Å². The number of carbonyl (C=O) groups is 2. The second-order valence-electron chi connectivity index (χ2n) is 14.3. The average molecular weight is 791 g/mol. The third kappa shape index (κ3) is 48.7. The van der Waals surface area contributed by atoms with Gasteiger partial charge in [0, 0.05) is 12.8 Å². The topological polar surface area (TPSA) is 117 Å². The molecule has 0 atom stereocenters. The molecule has 0 aliphatic rings. The van der Waals surface area contributed by atoms with E-state index in [1.165, 1.54) is 116 Å². The van der Waals surface area contributed by atoms with E-state index in [2.05, 4.69) is 13.8 Å². The van der Waals surface area contributed by atoms with Crippen LogP contribution in [0.4, 0.5) is 0 Å². The molecule has 0 saturated heterocycles. The molecule has 0 fully saturated rings. The minimum atomic E-state index is -0.136. The van der Waals surface area contributed by atoms with Gasteiger partial charge in [-0.05, 0) is 12.8 Å². The van der Waals surface area contributed by atoms with Crippen LogP contribution in [0, 0.1) is 0 Å². The number of carbonyl (C=O) groups excluding carboxylic acids is 2. The van der Waals surface area contributed by atoms with Gasteiger partial charge in [-0.25, -0.2) is 0 Å². The molecule has 0 aliphatic heterocycles. The lowest BCUT2D eigenvalue weighted by Gasteiger charge is -2.09. The smallest absolute Gasteiger partial charge is 0.305 e. The largest absolute Gasteiger partial charge is 0.463 e. The zero-order valence-corrected chi connectivity index (χ0v) is 35.8. The van der Waals surface area contributed by atoms with Crippen molar-refractivity contribution in [2.45, 2.75) is 168 Å². The highest BCUT2D eigenvalue weighted by Crippen LogP contribution is 2.13. The maximum absolute atomic E-state index is 11.9. The number of rotatable bonds is 48. The molecule has 0 aromatic rings. The van der Waals surface area contributed by atoms with Crippen LogP contribution >= 0.6 is 0 Å². The van der Waals surface area contributed by atoms with Crippen LogP contribution in [0.2, 0.25) is 0 Å². The molecular weight excluding hydrogens is 704 g/mol. The van der Waals surface area contributed by atoms with Crippen LogP contribution < -0.4 is 0 Å². The molecule has 55 heavy (non-hydrogen) atoms. The summed E-state index contributed by atoms with van der Waals surface area (Å²) in [6, 6.07) is 0. The lowest BCUT2D eigenvalue weighted by molar-refractivity contribution is -0.146. The van der Waals surface area contributed by atoms with E-state index in [0.29, 0.717) is 105 Å². The van der Waals surface area contributed by atoms with Crippen molar-refractivity contribution in [1.82, 2.24) is 0 Å². The van der Waals surface area contributed by atoms with E-state index in [-0.39, 0.29) is 25.2 Å². The van der Waals surface area contributed by atoms with E-state index in [4.69, 9.17) is 42.6 Å². The molecule has 0 N–H and O–H groups in total. The Kier molecular flexibility index (Phi) is 47.6. The molecule has 0 heterocycles. The second kappa shape index (κ2) is 48.8. The van der Waals surface area contributed by atoms with Crippen molar-refractivity contribution in [3.63, 3.8) is 0 Å². The predicted molar refractivity (Wildman–Crippen MR) is 220 cm³/mol. The zero-order chi connectivity index (χ0) is 39.8. The molecule has 0 radical (unpaired) electrons. The van der Waals surface area contributed by atoms with Crippen molar-refractivity contribution >= 4 is 11.9 Å². The molecule has 0 bridgehead atoms. The Bertz CT molecular complexity index is 755. The van der Waals surface area contributed by atoms with Crippen LogP contribution in [0.15, 0.2) is 0 Å². The van der Waals surface area contributed by atoms with Gasteiger partial charge in [0.25, 0.3) is 0 Å². The van der Waals surface area contributed by atoms with E-state index in [1.807, 2.05) is 0 Å². The third-order valence-electron chi connectivity index (χ3n) is 9.18. The van der Waals surface area contributed by atoms with E-state index >= 15 is 0 Å². The van der Waals surface area contributed by atoms with Gasteiger partial charge in [0.15, 0.2) is 0 Å². The van der Waals surface area contributed by atoms with Gasteiger partial charge < -0.3 is 42.6 Å². The summed E-state index contributed by atoms with van der Waals surface area (Å²) >= 11 is 0. The van der Waals surface area contributed by atoms with Crippen molar-refractivity contribution in [3.05, 3.63) is 0 Å². The van der Waals surface area contributed by atoms with Gasteiger partial charge in [0.2, 0.25) is 0 Å². The third-order valence-corrected chi connectivity index (χ3v) is 9.18. The Labute approximate surface area is 337 Å². The number of ether oxygens (including phenoxy) is 9. The minimum absolute atomic E-state index is 0.132. The Morgan fingerprint density at radius 3 is 0.655 bits per heavy atom. The summed E-state index contributed by atoms with van der Waals surface area (Å²) < 4.78 is 48.9. The first-order valence-corrected chi connectivity index (χ1v) is 22.6. The van der Waals surface area contributed by atoms with Crippen LogP contribution in [0.1, 0.15) is 168 Å². The maximum atomic E-state index is 11.9. The number of esters is 2. The Morgan fingerprint density at radius 2 is 0.436 bits per heavy atom. The van der Waals surface area contributed by atoms with Gasteiger partial charge in [-0.2, -0.15) is 0 Å². The Balaban J connectivity index is 3.17. The predicted octanol–water partition coefficient (Wildman–Crippen LogP) is 9.59. The summed E-state index contributed by atoms with van der Waals surface area (Å²) in [7, 11) is 0. The van der Waals surface area contributed by atoms with Crippen LogP contribution in [0.25, 0.3) is 0 Å². The average Bonchev–Trinajstić information content (AvgIpc) is 3.19. The summed E-state index contributed by atoms with van der Waals surface area (Å²) in [6.45, 7) is 11.6. The zero-order valence-electron chi connectivity index (χ0n) is 35.8. The molecule has 0 saturated carbocycles. The number of hydrogen-bond donors (Lipinski definition) is 0. The first kappa shape index (κ1) is 53.7. The molecule has 0 aliphatic carbocycles. The van der Waals surface area contributed by atoms with Gasteiger partial charge in [0.05, 0.1) is 92.5 Å². The van der Waals surface area contributed by atoms with E-state index in [1.54, 1.807) is 0 Å². The molecule has 0 unspecified atom stereocenters. The normalized spacial score (nSPS) is 11.4. The SMILES string of the molecule is CCCCCCCCCCCCCCCC(=O)OCCOCCOCCOCCOCCOCCOCCOCCOC(=O)CCCCCCCCCCC. The van der Waals surface area contributed by atoms with E-state index < -0.39 is 0 Å². The van der Waals surface area contributed by atoms with Crippen molar-refractivity contribution in [2.75, 3.05) is 106 Å². The fraction of sp³-hybridized carbons (Fsp3) is 0.955. The van der Waals surface area contributed by atoms with Crippen LogP contribution in [-0.2, 0) is 52.2 Å². The first-order chi connectivity index (χ1) is 27.2. The summed E-state index contributed by atoms with van der Waals surface area (Å²) in [4.78, 5) is 23.7. The summed E-state index contributed by atoms with van der Waals surface area (Å²) in [5.74, 6) is -0.268. The molecule has 11 heteroatoms. The fourth-order valence-corrected chi connectivity index (χ4v) is 5.86. The Morgan fingerprint density at radius 1 is 0.255 bits per heavy atom. The molecule has 328 valence electrons.